The molecule has 1 aromatic heterocycles. The molecule has 0 radical (unpaired) electrons. The Morgan fingerprint density at radius 3 is 2.87 bits per heavy atom. The Bertz CT molecular complexity index is 839. The zero-order valence-electron chi connectivity index (χ0n) is 12.7. The molecule has 6 nitrogen and oxygen atoms in total. The molecule has 114 valence electrons. The minimum atomic E-state index is -0.108. The van der Waals surface area contributed by atoms with Crippen molar-refractivity contribution in [1.82, 2.24) is 9.55 Å². The summed E-state index contributed by atoms with van der Waals surface area (Å²) < 4.78 is 1.44. The van der Waals surface area contributed by atoms with E-state index in [9.17, 15) is 4.79 Å². The monoisotopic (exact) mass is 305 g/mol. The molecule has 1 aromatic carbocycles. The molecule has 23 heavy (non-hydrogen) atoms. The van der Waals surface area contributed by atoms with Gasteiger partial charge in [0.25, 0.3) is 0 Å². The number of nitriles is 2. The number of hydrogen-bond donors (Lipinski definition) is 0. The maximum Gasteiger partial charge on any atom is 0.247 e. The summed E-state index contributed by atoms with van der Waals surface area (Å²) in [5.74, 6) is -0.108. The molecule has 0 bridgehead atoms. The molecular weight excluding hydrogens is 290 g/mol. The zero-order chi connectivity index (χ0) is 16.4. The van der Waals surface area contributed by atoms with Gasteiger partial charge in [0.05, 0.1) is 6.33 Å². The third kappa shape index (κ3) is 2.56. The Balaban J connectivity index is 1.91. The lowest BCUT2D eigenvalue weighted by Gasteiger charge is -2.35. The summed E-state index contributed by atoms with van der Waals surface area (Å²) in [6, 6.07) is 11.8. The van der Waals surface area contributed by atoms with Crippen LogP contribution in [0.2, 0.25) is 0 Å². The van der Waals surface area contributed by atoms with Crippen molar-refractivity contribution < 1.29 is 4.79 Å². The minimum absolute atomic E-state index is 0.00372. The van der Waals surface area contributed by atoms with E-state index < -0.39 is 0 Å². The van der Waals surface area contributed by atoms with Crippen molar-refractivity contribution in [3.63, 3.8) is 0 Å². The molecule has 0 N–H and O–H groups in total. The van der Waals surface area contributed by atoms with Crippen LogP contribution < -0.4 is 4.90 Å². The molecule has 0 fully saturated rings. The first-order chi connectivity index (χ1) is 11.2. The summed E-state index contributed by atoms with van der Waals surface area (Å²) in [5, 5.41) is 18.1. The van der Waals surface area contributed by atoms with Crippen molar-refractivity contribution in [1.29, 1.82) is 10.5 Å². The molecule has 1 amide bonds. The lowest BCUT2D eigenvalue weighted by Crippen LogP contribution is -2.43. The Labute approximate surface area is 134 Å². The Hall–Kier alpha value is -3.12. The molecular formula is C17H15N5O. The third-order valence-corrected chi connectivity index (χ3v) is 4.15. The maximum atomic E-state index is 12.8. The van der Waals surface area contributed by atoms with Gasteiger partial charge >= 0.3 is 0 Å². The fraction of sp³-hybridized carbons (Fsp3) is 0.294. The number of aryl methyl sites for hydroxylation is 1. The van der Waals surface area contributed by atoms with Crippen molar-refractivity contribution in [3.8, 4) is 12.1 Å². The van der Waals surface area contributed by atoms with E-state index >= 15 is 0 Å². The number of nitrogens with zero attached hydrogens (tertiary/aromatic N) is 5. The summed E-state index contributed by atoms with van der Waals surface area (Å²) in [5.41, 5.74) is 2.25. The van der Waals surface area contributed by atoms with E-state index in [0.29, 0.717) is 0 Å². The fourth-order valence-electron chi connectivity index (χ4n) is 2.99. The molecule has 1 aliphatic rings. The minimum Gasteiger partial charge on any atom is -0.312 e. The third-order valence-electron chi connectivity index (χ3n) is 4.15. The van der Waals surface area contributed by atoms with E-state index in [1.807, 2.05) is 43.3 Å². The number of anilines is 1. The first-order valence-corrected chi connectivity index (χ1v) is 7.41. The first-order valence-electron chi connectivity index (χ1n) is 7.41. The number of hydrogen-bond acceptors (Lipinski definition) is 4. The number of imidazole rings is 1. The average Bonchev–Trinajstić information content (AvgIpc) is 2.96. The van der Waals surface area contributed by atoms with Gasteiger partial charge in [0.1, 0.15) is 18.7 Å². The summed E-state index contributed by atoms with van der Waals surface area (Å²) in [7, 11) is 0. The number of aromatic nitrogens is 2. The van der Waals surface area contributed by atoms with Gasteiger partial charge in [0, 0.05) is 11.7 Å². The molecule has 0 saturated heterocycles. The van der Waals surface area contributed by atoms with Crippen LogP contribution in [0.4, 0.5) is 5.69 Å². The van der Waals surface area contributed by atoms with Gasteiger partial charge in [-0.15, -0.1) is 0 Å². The summed E-state index contributed by atoms with van der Waals surface area (Å²) in [6.45, 7) is 2.02. The van der Waals surface area contributed by atoms with Crippen LogP contribution >= 0.6 is 0 Å². The molecule has 2 heterocycles. The van der Waals surface area contributed by atoms with E-state index in [0.717, 1.165) is 24.1 Å². The van der Waals surface area contributed by atoms with Crippen molar-refractivity contribution >= 4 is 11.6 Å². The van der Waals surface area contributed by atoms with E-state index in [4.69, 9.17) is 10.5 Å². The number of para-hydroxylation sites is 1. The Morgan fingerprint density at radius 1 is 1.35 bits per heavy atom. The highest BCUT2D eigenvalue weighted by atomic mass is 16.2. The van der Waals surface area contributed by atoms with Crippen molar-refractivity contribution in [2.75, 3.05) is 4.90 Å². The molecule has 2 aromatic rings. The molecule has 3 rings (SSSR count). The second-order valence-corrected chi connectivity index (χ2v) is 5.57. The van der Waals surface area contributed by atoms with Gasteiger partial charge in [-0.2, -0.15) is 10.5 Å². The number of rotatable bonds is 2. The second-order valence-electron chi connectivity index (χ2n) is 5.57. The standard InChI is InChI=1S/C17H15N5O/c1-12-6-7-13-4-2-3-5-15(13)22(12)17(23)10-21-11-20-14(8-18)16(21)9-19/h2-5,11-12H,6-7,10H2,1H3/t12-/m0/s1. The highest BCUT2D eigenvalue weighted by molar-refractivity contribution is 5.95. The van der Waals surface area contributed by atoms with Crippen LogP contribution in [0, 0.1) is 22.7 Å². The van der Waals surface area contributed by atoms with Crippen LogP contribution in [0.15, 0.2) is 30.6 Å². The van der Waals surface area contributed by atoms with Crippen LogP contribution in [-0.4, -0.2) is 21.5 Å². The van der Waals surface area contributed by atoms with Crippen LogP contribution in [-0.2, 0) is 17.8 Å². The number of benzene rings is 1. The van der Waals surface area contributed by atoms with Crippen molar-refractivity contribution in [2.45, 2.75) is 32.4 Å². The number of carbonyl (C=O) groups is 1. The first kappa shape index (κ1) is 14.8. The van der Waals surface area contributed by atoms with Crippen LogP contribution in [0.1, 0.15) is 30.3 Å². The highest BCUT2D eigenvalue weighted by Gasteiger charge is 2.28. The summed E-state index contributed by atoms with van der Waals surface area (Å²) in [6.07, 6.45) is 3.23. The van der Waals surface area contributed by atoms with Crippen LogP contribution in [0.5, 0.6) is 0 Å². The van der Waals surface area contributed by atoms with E-state index in [2.05, 4.69) is 4.98 Å². The summed E-state index contributed by atoms with van der Waals surface area (Å²) >= 11 is 0. The van der Waals surface area contributed by atoms with E-state index in [-0.39, 0.29) is 29.9 Å². The quantitative estimate of drug-likeness (QED) is 0.849. The predicted molar refractivity (Wildman–Crippen MR) is 83.4 cm³/mol. The largest absolute Gasteiger partial charge is 0.312 e. The molecule has 0 unspecified atom stereocenters. The van der Waals surface area contributed by atoms with Gasteiger partial charge in [-0.05, 0) is 31.4 Å². The van der Waals surface area contributed by atoms with E-state index in [1.165, 1.54) is 10.9 Å². The normalized spacial score (nSPS) is 16.3. The topological polar surface area (TPSA) is 85.7 Å². The van der Waals surface area contributed by atoms with Gasteiger partial charge in [0.2, 0.25) is 5.91 Å². The van der Waals surface area contributed by atoms with Gasteiger partial charge < -0.3 is 9.47 Å². The summed E-state index contributed by atoms with van der Waals surface area (Å²) in [4.78, 5) is 18.5. The fourth-order valence-corrected chi connectivity index (χ4v) is 2.99. The second kappa shape index (κ2) is 5.94. The molecule has 6 heteroatoms. The maximum absolute atomic E-state index is 12.8. The predicted octanol–water partition coefficient (Wildman–Crippen LogP) is 1.99. The lowest BCUT2D eigenvalue weighted by molar-refractivity contribution is -0.119. The molecule has 0 spiro atoms. The molecule has 1 atom stereocenters. The van der Waals surface area contributed by atoms with Crippen LogP contribution in [0.25, 0.3) is 0 Å². The average molecular weight is 305 g/mol. The molecule has 0 saturated carbocycles. The van der Waals surface area contributed by atoms with Crippen molar-refractivity contribution in [3.05, 3.63) is 47.5 Å². The van der Waals surface area contributed by atoms with Gasteiger partial charge in [-0.3, -0.25) is 4.79 Å². The van der Waals surface area contributed by atoms with Gasteiger partial charge in [0.15, 0.2) is 11.4 Å². The van der Waals surface area contributed by atoms with Gasteiger partial charge in [-0.25, -0.2) is 4.98 Å². The van der Waals surface area contributed by atoms with Gasteiger partial charge in [-0.1, -0.05) is 18.2 Å². The zero-order valence-corrected chi connectivity index (χ0v) is 12.7. The van der Waals surface area contributed by atoms with E-state index in [1.54, 1.807) is 4.90 Å². The number of fused-ring (bicyclic) bond motifs is 1. The highest BCUT2D eigenvalue weighted by Crippen LogP contribution is 2.30. The molecule has 0 aliphatic carbocycles. The Morgan fingerprint density at radius 2 is 2.13 bits per heavy atom. The van der Waals surface area contributed by atoms with Crippen molar-refractivity contribution in [2.24, 2.45) is 0 Å². The Kier molecular flexibility index (Phi) is 3.82. The SMILES string of the molecule is C[C@H]1CCc2ccccc2N1C(=O)Cn1cnc(C#N)c1C#N. The lowest BCUT2D eigenvalue weighted by atomic mass is 9.96. The smallest absolute Gasteiger partial charge is 0.247 e. The number of amides is 1. The number of carbonyl (C=O) groups excluding carboxylic acids is 1. The molecule has 1 aliphatic heterocycles. The van der Waals surface area contributed by atoms with Crippen LogP contribution in [0.3, 0.4) is 0 Å².